The second-order valence-corrected chi connectivity index (χ2v) is 6.97. The smallest absolute Gasteiger partial charge is 0.259 e. The minimum atomic E-state index is -0.173. The SMILES string of the molecule is C/C(=N\NC(=O)CNc1ccccc1C)c1ccc(Br)s1. The van der Waals surface area contributed by atoms with Crippen LogP contribution >= 0.6 is 27.3 Å². The van der Waals surface area contributed by atoms with E-state index < -0.39 is 0 Å². The zero-order valence-corrected chi connectivity index (χ0v) is 14.2. The fraction of sp³-hybridized carbons (Fsp3) is 0.200. The number of para-hydroxylation sites is 1. The Hall–Kier alpha value is -1.66. The average molecular weight is 366 g/mol. The maximum atomic E-state index is 11.8. The van der Waals surface area contributed by atoms with Crippen molar-refractivity contribution in [3.63, 3.8) is 0 Å². The summed E-state index contributed by atoms with van der Waals surface area (Å²) in [5.74, 6) is -0.173. The first-order valence-corrected chi connectivity index (χ1v) is 8.05. The second kappa shape index (κ2) is 7.38. The van der Waals surface area contributed by atoms with Crippen molar-refractivity contribution in [2.24, 2.45) is 5.10 Å². The lowest BCUT2D eigenvalue weighted by molar-refractivity contribution is -0.119. The zero-order chi connectivity index (χ0) is 15.2. The fourth-order valence-corrected chi connectivity index (χ4v) is 3.03. The molecule has 110 valence electrons. The summed E-state index contributed by atoms with van der Waals surface area (Å²) in [6.45, 7) is 4.06. The molecule has 0 saturated carbocycles. The number of amides is 1. The first kappa shape index (κ1) is 15.7. The van der Waals surface area contributed by atoms with Crippen molar-refractivity contribution < 1.29 is 4.79 Å². The highest BCUT2D eigenvalue weighted by atomic mass is 79.9. The highest BCUT2D eigenvalue weighted by Gasteiger charge is 2.04. The van der Waals surface area contributed by atoms with Crippen LogP contribution in [0.4, 0.5) is 5.69 Å². The number of carbonyl (C=O) groups is 1. The number of aryl methyl sites for hydroxylation is 1. The number of thiophene rings is 1. The van der Waals surface area contributed by atoms with Gasteiger partial charge in [0.2, 0.25) is 0 Å². The molecule has 0 aliphatic carbocycles. The number of hydrogen-bond acceptors (Lipinski definition) is 4. The molecule has 4 nitrogen and oxygen atoms in total. The Morgan fingerprint density at radius 1 is 1.29 bits per heavy atom. The van der Waals surface area contributed by atoms with Gasteiger partial charge in [-0.05, 0) is 53.5 Å². The van der Waals surface area contributed by atoms with Crippen LogP contribution in [0, 0.1) is 6.92 Å². The number of rotatable bonds is 5. The highest BCUT2D eigenvalue weighted by Crippen LogP contribution is 2.22. The van der Waals surface area contributed by atoms with Gasteiger partial charge < -0.3 is 5.32 Å². The Balaban J connectivity index is 1.86. The Kier molecular flexibility index (Phi) is 5.52. The number of halogens is 1. The van der Waals surface area contributed by atoms with Gasteiger partial charge in [0, 0.05) is 5.69 Å². The predicted octanol–water partition coefficient (Wildman–Crippen LogP) is 3.77. The van der Waals surface area contributed by atoms with E-state index in [-0.39, 0.29) is 12.5 Å². The number of anilines is 1. The first-order valence-electron chi connectivity index (χ1n) is 6.44. The van der Waals surface area contributed by atoms with Crippen LogP contribution in [0.25, 0.3) is 0 Å². The van der Waals surface area contributed by atoms with Crippen LogP contribution in [-0.4, -0.2) is 18.2 Å². The first-order chi connectivity index (χ1) is 10.1. The van der Waals surface area contributed by atoms with Gasteiger partial charge in [-0.15, -0.1) is 11.3 Å². The van der Waals surface area contributed by atoms with Crippen LogP contribution in [0.3, 0.4) is 0 Å². The van der Waals surface area contributed by atoms with Gasteiger partial charge in [-0.2, -0.15) is 5.10 Å². The lowest BCUT2D eigenvalue weighted by Crippen LogP contribution is -2.26. The molecule has 1 aromatic carbocycles. The highest BCUT2D eigenvalue weighted by molar-refractivity contribution is 9.11. The van der Waals surface area contributed by atoms with Crippen molar-refractivity contribution in [3.05, 3.63) is 50.6 Å². The molecule has 0 aliphatic rings. The molecule has 2 N–H and O–H groups in total. The molecule has 0 fully saturated rings. The van der Waals surface area contributed by atoms with Gasteiger partial charge in [-0.3, -0.25) is 4.79 Å². The van der Waals surface area contributed by atoms with Crippen molar-refractivity contribution in [3.8, 4) is 0 Å². The van der Waals surface area contributed by atoms with E-state index >= 15 is 0 Å². The molecule has 21 heavy (non-hydrogen) atoms. The van der Waals surface area contributed by atoms with E-state index in [9.17, 15) is 4.79 Å². The molecule has 2 aromatic rings. The number of hydrogen-bond donors (Lipinski definition) is 2. The van der Waals surface area contributed by atoms with Crippen LogP contribution in [-0.2, 0) is 4.79 Å². The van der Waals surface area contributed by atoms with E-state index in [1.807, 2.05) is 50.2 Å². The summed E-state index contributed by atoms with van der Waals surface area (Å²) in [6.07, 6.45) is 0. The number of benzene rings is 1. The number of nitrogens with one attached hydrogen (secondary N) is 2. The van der Waals surface area contributed by atoms with Crippen LogP contribution in [0.15, 0.2) is 45.3 Å². The van der Waals surface area contributed by atoms with E-state index in [4.69, 9.17) is 0 Å². The van der Waals surface area contributed by atoms with E-state index in [1.54, 1.807) is 11.3 Å². The van der Waals surface area contributed by atoms with Crippen molar-refractivity contribution >= 4 is 44.6 Å². The predicted molar refractivity (Wildman–Crippen MR) is 92.0 cm³/mol. The Bertz CT molecular complexity index is 666. The van der Waals surface area contributed by atoms with Crippen LogP contribution in [0.1, 0.15) is 17.4 Å². The molecule has 0 radical (unpaired) electrons. The molecular formula is C15H16BrN3OS. The molecule has 0 aliphatic heterocycles. The quantitative estimate of drug-likeness (QED) is 0.625. The van der Waals surface area contributed by atoms with Crippen LogP contribution < -0.4 is 10.7 Å². The minimum absolute atomic E-state index is 0.173. The molecule has 0 spiro atoms. The molecule has 6 heteroatoms. The molecule has 1 aromatic heterocycles. The van der Waals surface area contributed by atoms with Crippen molar-refractivity contribution in [2.45, 2.75) is 13.8 Å². The Morgan fingerprint density at radius 3 is 2.71 bits per heavy atom. The molecule has 0 unspecified atom stereocenters. The monoisotopic (exact) mass is 365 g/mol. The zero-order valence-electron chi connectivity index (χ0n) is 11.8. The van der Waals surface area contributed by atoms with Gasteiger partial charge in [0.25, 0.3) is 5.91 Å². The summed E-state index contributed by atoms with van der Waals surface area (Å²) in [7, 11) is 0. The van der Waals surface area contributed by atoms with E-state index in [1.165, 1.54) is 0 Å². The molecule has 0 bridgehead atoms. The molecule has 0 atom stereocenters. The van der Waals surface area contributed by atoms with E-state index in [0.717, 1.165) is 25.6 Å². The third kappa shape index (κ3) is 4.68. The summed E-state index contributed by atoms with van der Waals surface area (Å²) >= 11 is 4.98. The molecule has 0 saturated heterocycles. The maximum Gasteiger partial charge on any atom is 0.259 e. The van der Waals surface area contributed by atoms with Crippen LogP contribution in [0.2, 0.25) is 0 Å². The summed E-state index contributed by atoms with van der Waals surface area (Å²) in [4.78, 5) is 12.8. The van der Waals surface area contributed by atoms with Gasteiger partial charge in [0.15, 0.2) is 0 Å². The van der Waals surface area contributed by atoms with Gasteiger partial charge in [-0.25, -0.2) is 5.43 Å². The third-order valence-corrected chi connectivity index (χ3v) is 4.60. The number of hydrazone groups is 1. The lowest BCUT2D eigenvalue weighted by atomic mass is 10.2. The average Bonchev–Trinajstić information content (AvgIpc) is 2.90. The largest absolute Gasteiger partial charge is 0.376 e. The summed E-state index contributed by atoms with van der Waals surface area (Å²) in [5, 5.41) is 7.20. The van der Waals surface area contributed by atoms with Crippen molar-refractivity contribution in [1.29, 1.82) is 0 Å². The topological polar surface area (TPSA) is 53.5 Å². The third-order valence-electron chi connectivity index (χ3n) is 2.86. The van der Waals surface area contributed by atoms with Gasteiger partial charge in [0.1, 0.15) is 0 Å². The molecule has 1 amide bonds. The minimum Gasteiger partial charge on any atom is -0.376 e. The standard InChI is InChI=1S/C15H16BrN3OS/c1-10-5-3-4-6-12(10)17-9-15(20)19-18-11(2)13-7-8-14(16)21-13/h3-8,17H,9H2,1-2H3,(H,19,20)/b18-11+. The van der Waals surface area contributed by atoms with E-state index in [2.05, 4.69) is 31.8 Å². The van der Waals surface area contributed by atoms with Crippen molar-refractivity contribution in [2.75, 3.05) is 11.9 Å². The number of nitrogens with zero attached hydrogens (tertiary/aromatic N) is 1. The van der Waals surface area contributed by atoms with Gasteiger partial charge >= 0.3 is 0 Å². The summed E-state index contributed by atoms with van der Waals surface area (Å²) in [5.41, 5.74) is 5.40. The molecule has 1 heterocycles. The molecular weight excluding hydrogens is 350 g/mol. The number of carbonyl (C=O) groups excluding carboxylic acids is 1. The van der Waals surface area contributed by atoms with Crippen LogP contribution in [0.5, 0.6) is 0 Å². The summed E-state index contributed by atoms with van der Waals surface area (Å²) in [6, 6.07) is 11.8. The second-order valence-electron chi connectivity index (χ2n) is 4.50. The normalized spacial score (nSPS) is 11.3. The van der Waals surface area contributed by atoms with Crippen molar-refractivity contribution in [1.82, 2.24) is 5.43 Å². The van der Waals surface area contributed by atoms with Gasteiger partial charge in [0.05, 0.1) is 20.9 Å². The Morgan fingerprint density at radius 2 is 2.05 bits per heavy atom. The van der Waals surface area contributed by atoms with E-state index in [0.29, 0.717) is 0 Å². The summed E-state index contributed by atoms with van der Waals surface area (Å²) < 4.78 is 1.04. The lowest BCUT2D eigenvalue weighted by Gasteiger charge is -2.08. The Labute approximate surface area is 136 Å². The fourth-order valence-electron chi connectivity index (χ4n) is 1.70. The van der Waals surface area contributed by atoms with Gasteiger partial charge in [-0.1, -0.05) is 18.2 Å². The maximum absolute atomic E-state index is 11.8. The molecule has 2 rings (SSSR count).